The van der Waals surface area contributed by atoms with Gasteiger partial charge in [-0.2, -0.15) is 0 Å². The second kappa shape index (κ2) is 7.11. The largest absolute Gasteiger partial charge is 0.475 e. The second-order valence-electron chi connectivity index (χ2n) is 5.43. The number of ether oxygens (including phenoxy) is 2. The van der Waals surface area contributed by atoms with E-state index < -0.39 is 5.60 Å². The first-order valence-corrected chi connectivity index (χ1v) is 9.96. The first kappa shape index (κ1) is 17.8. The lowest BCUT2D eigenvalue weighted by atomic mass is 9.76. The number of rotatable bonds is 4. The van der Waals surface area contributed by atoms with Gasteiger partial charge in [0.05, 0.1) is 4.88 Å². The number of thiophene rings is 1. The maximum Gasteiger partial charge on any atom is 0.303 e. The summed E-state index contributed by atoms with van der Waals surface area (Å²) in [7, 11) is 0. The number of aromatic nitrogens is 2. The Morgan fingerprint density at radius 2 is 2.33 bits per heavy atom. The van der Waals surface area contributed by atoms with Crippen LogP contribution in [0.25, 0.3) is 10.2 Å². The number of fused-ring (bicyclic) bond motifs is 1. The van der Waals surface area contributed by atoms with E-state index >= 15 is 0 Å². The highest BCUT2D eigenvalue weighted by Crippen LogP contribution is 2.50. The summed E-state index contributed by atoms with van der Waals surface area (Å²) >= 11 is 14.0. The van der Waals surface area contributed by atoms with Crippen molar-refractivity contribution < 1.29 is 14.3 Å². The number of carbonyl (C=O) groups excluding carboxylic acids is 1. The fraction of sp³-hybridized carbons (Fsp3) is 0.467. The number of thioether (sulfide) groups is 1. The molecule has 5 nitrogen and oxygen atoms in total. The van der Waals surface area contributed by atoms with Gasteiger partial charge in [0.25, 0.3) is 0 Å². The van der Waals surface area contributed by atoms with E-state index in [1.807, 2.05) is 13.0 Å². The van der Waals surface area contributed by atoms with Gasteiger partial charge in [-0.05, 0) is 35.6 Å². The summed E-state index contributed by atoms with van der Waals surface area (Å²) in [6.07, 6.45) is 2.78. The van der Waals surface area contributed by atoms with Crippen LogP contribution >= 0.6 is 46.9 Å². The van der Waals surface area contributed by atoms with Crippen LogP contribution in [0.15, 0.2) is 12.3 Å². The molecule has 0 radical (unpaired) electrons. The Balaban J connectivity index is 1.82. The Kier molecular flexibility index (Phi) is 5.29. The number of nitrogens with zero attached hydrogens (tertiary/aromatic N) is 2. The van der Waals surface area contributed by atoms with E-state index in [9.17, 15) is 4.79 Å². The van der Waals surface area contributed by atoms with Crippen LogP contribution in [0.5, 0.6) is 0 Å². The van der Waals surface area contributed by atoms with Gasteiger partial charge in [-0.3, -0.25) is 4.79 Å². The van der Waals surface area contributed by atoms with Crippen LogP contribution in [0.3, 0.4) is 0 Å². The van der Waals surface area contributed by atoms with Crippen molar-refractivity contribution in [1.29, 1.82) is 0 Å². The number of hydrogen-bond acceptors (Lipinski definition) is 8. The van der Waals surface area contributed by atoms with E-state index in [-0.39, 0.29) is 17.4 Å². The Labute approximate surface area is 158 Å². The minimum atomic E-state index is -0.680. The first-order valence-electron chi connectivity index (χ1n) is 7.37. The highest BCUT2D eigenvalue weighted by molar-refractivity contribution is 8.22. The Morgan fingerprint density at radius 3 is 3.00 bits per heavy atom. The van der Waals surface area contributed by atoms with E-state index in [1.165, 1.54) is 30.0 Å². The summed E-state index contributed by atoms with van der Waals surface area (Å²) in [5.74, 6) is 0.552. The fourth-order valence-electron chi connectivity index (χ4n) is 2.69. The second-order valence-corrected chi connectivity index (χ2v) is 8.66. The van der Waals surface area contributed by atoms with Gasteiger partial charge >= 0.3 is 5.97 Å². The zero-order valence-electron chi connectivity index (χ0n) is 13.1. The number of esters is 1. The first-order chi connectivity index (χ1) is 11.4. The predicted molar refractivity (Wildman–Crippen MR) is 101 cm³/mol. The Hall–Kier alpha value is -0.960. The van der Waals surface area contributed by atoms with Crippen LogP contribution in [0, 0.1) is 0 Å². The summed E-state index contributed by atoms with van der Waals surface area (Å²) in [4.78, 5) is 21.5. The normalized spacial score (nSPS) is 22.9. The molecule has 9 heteroatoms. The third-order valence-electron chi connectivity index (χ3n) is 3.67. The predicted octanol–water partition coefficient (Wildman–Crippen LogP) is 4.32. The molecule has 1 saturated carbocycles. The van der Waals surface area contributed by atoms with Crippen molar-refractivity contribution in [2.24, 2.45) is 0 Å². The third-order valence-corrected chi connectivity index (χ3v) is 6.15. The van der Waals surface area contributed by atoms with Crippen LogP contribution in [0.1, 0.15) is 31.6 Å². The van der Waals surface area contributed by atoms with Crippen LogP contribution in [-0.4, -0.2) is 32.2 Å². The van der Waals surface area contributed by atoms with Crippen molar-refractivity contribution in [3.63, 3.8) is 0 Å². The van der Waals surface area contributed by atoms with E-state index in [2.05, 4.69) is 9.97 Å². The molecule has 3 rings (SSSR count). The summed E-state index contributed by atoms with van der Waals surface area (Å²) in [6, 6.07) is 1.95. The van der Waals surface area contributed by atoms with E-state index in [0.717, 1.165) is 20.8 Å². The lowest BCUT2D eigenvalue weighted by Crippen LogP contribution is -2.48. The molecular formula is C15H15ClN2O3S3. The monoisotopic (exact) mass is 402 g/mol. The van der Waals surface area contributed by atoms with Gasteiger partial charge < -0.3 is 9.47 Å². The van der Waals surface area contributed by atoms with Crippen molar-refractivity contribution in [1.82, 2.24) is 9.97 Å². The van der Waals surface area contributed by atoms with E-state index in [0.29, 0.717) is 17.2 Å². The van der Waals surface area contributed by atoms with Gasteiger partial charge in [-0.1, -0.05) is 18.7 Å². The molecule has 1 aliphatic carbocycles. The molecule has 0 saturated heterocycles. The lowest BCUT2D eigenvalue weighted by molar-refractivity contribution is -0.181. The Morgan fingerprint density at radius 1 is 1.58 bits per heavy atom. The molecule has 24 heavy (non-hydrogen) atoms. The number of carbonyl (C=O) groups is 1. The molecule has 2 aromatic rings. The van der Waals surface area contributed by atoms with Crippen molar-refractivity contribution >= 4 is 67.5 Å². The molecular weight excluding hydrogens is 388 g/mol. The number of halogens is 1. The molecule has 2 heterocycles. The average Bonchev–Trinajstić information content (AvgIpc) is 2.87. The highest BCUT2D eigenvalue weighted by Gasteiger charge is 2.51. The summed E-state index contributed by atoms with van der Waals surface area (Å²) < 4.78 is 11.9. The summed E-state index contributed by atoms with van der Waals surface area (Å²) in [5.41, 5.74) is -0.680. The van der Waals surface area contributed by atoms with Crippen LogP contribution in [-0.2, 0) is 19.9 Å². The summed E-state index contributed by atoms with van der Waals surface area (Å²) in [5, 5.41) is 1.08. The maximum absolute atomic E-state index is 11.6. The van der Waals surface area contributed by atoms with Gasteiger partial charge in [0.2, 0.25) is 9.67 Å². The molecule has 2 aromatic heterocycles. The topological polar surface area (TPSA) is 61.3 Å². The molecule has 128 valence electrons. The quantitative estimate of drug-likeness (QED) is 0.428. The summed E-state index contributed by atoms with van der Waals surface area (Å²) in [6.45, 7) is 3.44. The molecule has 1 fully saturated rings. The van der Waals surface area contributed by atoms with Crippen LogP contribution in [0.4, 0.5) is 0 Å². The standard InChI is InChI=1S/C15H15ClN2O3S3/c1-3-23-14(22)20-10-5-15(6-10,21-8(2)19)11-4-9-7-17-13(16)18-12(9)24-11/h4,7,10H,3,5-6H2,1-2H3. The number of hydrogen-bond donors (Lipinski definition) is 0. The van der Waals surface area contributed by atoms with Gasteiger partial charge in [-0.25, -0.2) is 9.97 Å². The smallest absolute Gasteiger partial charge is 0.303 e. The minimum absolute atomic E-state index is 0.0456. The van der Waals surface area contributed by atoms with Crippen molar-refractivity contribution in [3.8, 4) is 0 Å². The van der Waals surface area contributed by atoms with Crippen molar-refractivity contribution in [2.45, 2.75) is 38.4 Å². The lowest BCUT2D eigenvalue weighted by Gasteiger charge is -2.45. The molecule has 0 aromatic carbocycles. The van der Waals surface area contributed by atoms with Crippen LogP contribution < -0.4 is 0 Å². The van der Waals surface area contributed by atoms with Crippen molar-refractivity contribution in [3.05, 3.63) is 22.4 Å². The van der Waals surface area contributed by atoms with Gasteiger partial charge in [0.15, 0.2) is 5.60 Å². The highest BCUT2D eigenvalue weighted by atomic mass is 35.5. The van der Waals surface area contributed by atoms with E-state index in [1.54, 1.807) is 6.20 Å². The Bertz CT molecular complexity index is 789. The molecule has 0 N–H and O–H groups in total. The molecule has 0 unspecified atom stereocenters. The van der Waals surface area contributed by atoms with Gasteiger partial charge in [0.1, 0.15) is 10.9 Å². The van der Waals surface area contributed by atoms with Gasteiger partial charge in [-0.15, -0.1) is 11.3 Å². The molecule has 1 aliphatic rings. The zero-order valence-corrected chi connectivity index (χ0v) is 16.3. The van der Waals surface area contributed by atoms with Crippen LogP contribution in [0.2, 0.25) is 5.28 Å². The van der Waals surface area contributed by atoms with Gasteiger partial charge in [0, 0.05) is 31.3 Å². The molecule has 0 aliphatic heterocycles. The zero-order chi connectivity index (χ0) is 17.3. The molecule has 0 amide bonds. The van der Waals surface area contributed by atoms with Crippen molar-refractivity contribution in [2.75, 3.05) is 5.75 Å². The van der Waals surface area contributed by atoms with E-state index in [4.69, 9.17) is 33.3 Å². The average molecular weight is 403 g/mol. The fourth-order valence-corrected chi connectivity index (χ4v) is 4.96. The molecule has 0 bridgehead atoms. The minimum Gasteiger partial charge on any atom is -0.475 e. The molecule has 0 spiro atoms. The SMILES string of the molecule is CCSC(=S)OC1CC(OC(C)=O)(c2cc3cnc(Cl)nc3s2)C1. The molecule has 0 atom stereocenters. The number of thiocarbonyl (C=S) groups is 1. The maximum atomic E-state index is 11.6. The third kappa shape index (κ3) is 3.66.